The van der Waals surface area contributed by atoms with Crippen molar-refractivity contribution in [3.05, 3.63) is 71.1 Å². The SMILES string of the molecule is CC(C)NC(=O)c1cc(-c2ccc(F)cc2)nn1-c1ccccc1Cl. The maximum atomic E-state index is 13.2. The van der Waals surface area contributed by atoms with Gasteiger partial charge in [0.2, 0.25) is 0 Å². The number of halogens is 2. The van der Waals surface area contributed by atoms with Crippen molar-refractivity contribution in [2.75, 3.05) is 0 Å². The maximum absolute atomic E-state index is 13.2. The van der Waals surface area contributed by atoms with Crippen LogP contribution in [-0.4, -0.2) is 21.7 Å². The number of nitrogens with zero attached hydrogens (tertiary/aromatic N) is 2. The molecular weight excluding hydrogens is 341 g/mol. The van der Waals surface area contributed by atoms with Gasteiger partial charge in [0.1, 0.15) is 11.5 Å². The first-order valence-electron chi connectivity index (χ1n) is 7.87. The summed E-state index contributed by atoms with van der Waals surface area (Å²) in [6.07, 6.45) is 0. The van der Waals surface area contributed by atoms with Crippen LogP contribution in [-0.2, 0) is 0 Å². The van der Waals surface area contributed by atoms with Gasteiger partial charge in [0.15, 0.2) is 0 Å². The van der Waals surface area contributed by atoms with Crippen molar-refractivity contribution in [1.82, 2.24) is 15.1 Å². The second kappa shape index (κ2) is 7.07. The van der Waals surface area contributed by atoms with Crippen molar-refractivity contribution >= 4 is 17.5 Å². The monoisotopic (exact) mass is 357 g/mol. The van der Waals surface area contributed by atoms with Crippen LogP contribution >= 0.6 is 11.6 Å². The number of nitrogens with one attached hydrogen (secondary N) is 1. The number of amides is 1. The van der Waals surface area contributed by atoms with E-state index in [9.17, 15) is 9.18 Å². The largest absolute Gasteiger partial charge is 0.349 e. The Balaban J connectivity index is 2.13. The fraction of sp³-hybridized carbons (Fsp3) is 0.158. The van der Waals surface area contributed by atoms with Gasteiger partial charge in [-0.2, -0.15) is 5.10 Å². The Kier molecular flexibility index (Phi) is 4.86. The van der Waals surface area contributed by atoms with E-state index in [0.29, 0.717) is 27.7 Å². The number of rotatable bonds is 4. The quantitative estimate of drug-likeness (QED) is 0.748. The Morgan fingerprint density at radius 2 is 1.84 bits per heavy atom. The molecule has 0 saturated heterocycles. The normalized spacial score (nSPS) is 10.9. The predicted molar refractivity (Wildman–Crippen MR) is 96.6 cm³/mol. The Morgan fingerprint density at radius 3 is 2.48 bits per heavy atom. The van der Waals surface area contributed by atoms with Crippen LogP contribution in [0.4, 0.5) is 4.39 Å². The van der Waals surface area contributed by atoms with Gasteiger partial charge in [0.25, 0.3) is 5.91 Å². The number of hydrogen-bond donors (Lipinski definition) is 1. The molecule has 1 amide bonds. The number of aromatic nitrogens is 2. The van der Waals surface area contributed by atoms with Crippen LogP contribution in [0.15, 0.2) is 54.6 Å². The number of hydrogen-bond acceptors (Lipinski definition) is 2. The molecule has 4 nitrogen and oxygen atoms in total. The molecular formula is C19H17ClFN3O. The second-order valence-corrected chi connectivity index (χ2v) is 6.32. The van der Waals surface area contributed by atoms with Gasteiger partial charge in [0, 0.05) is 11.6 Å². The molecule has 0 radical (unpaired) electrons. The average Bonchev–Trinajstić information content (AvgIpc) is 3.00. The summed E-state index contributed by atoms with van der Waals surface area (Å²) in [6, 6.07) is 14.8. The summed E-state index contributed by atoms with van der Waals surface area (Å²) in [5.74, 6) is -0.581. The van der Waals surface area contributed by atoms with E-state index in [1.165, 1.54) is 16.8 Å². The molecule has 6 heteroatoms. The molecule has 0 aliphatic rings. The van der Waals surface area contributed by atoms with E-state index < -0.39 is 0 Å². The fourth-order valence-corrected chi connectivity index (χ4v) is 2.66. The van der Waals surface area contributed by atoms with Crippen LogP contribution in [0.3, 0.4) is 0 Å². The van der Waals surface area contributed by atoms with Gasteiger partial charge in [-0.25, -0.2) is 9.07 Å². The zero-order valence-corrected chi connectivity index (χ0v) is 14.6. The lowest BCUT2D eigenvalue weighted by Gasteiger charge is -2.11. The topological polar surface area (TPSA) is 46.9 Å². The highest BCUT2D eigenvalue weighted by atomic mass is 35.5. The molecule has 1 aromatic heterocycles. The van der Waals surface area contributed by atoms with E-state index in [-0.39, 0.29) is 17.8 Å². The third-order valence-electron chi connectivity index (χ3n) is 3.58. The molecule has 3 rings (SSSR count). The van der Waals surface area contributed by atoms with Crippen molar-refractivity contribution in [3.8, 4) is 16.9 Å². The molecule has 1 N–H and O–H groups in total. The lowest BCUT2D eigenvalue weighted by molar-refractivity contribution is 0.0935. The van der Waals surface area contributed by atoms with Gasteiger partial charge in [-0.15, -0.1) is 0 Å². The van der Waals surface area contributed by atoms with Gasteiger partial charge in [-0.3, -0.25) is 4.79 Å². The standard InChI is InChI=1S/C19H17ClFN3O/c1-12(2)22-19(25)18-11-16(13-7-9-14(21)10-8-13)23-24(18)17-6-4-3-5-15(17)20/h3-12H,1-2H3,(H,22,25). The average molecular weight is 358 g/mol. The lowest BCUT2D eigenvalue weighted by Crippen LogP contribution is -2.31. The molecule has 0 atom stereocenters. The van der Waals surface area contributed by atoms with Gasteiger partial charge in [-0.1, -0.05) is 23.7 Å². The number of carbonyl (C=O) groups excluding carboxylic acids is 1. The maximum Gasteiger partial charge on any atom is 0.270 e. The summed E-state index contributed by atoms with van der Waals surface area (Å²) >= 11 is 6.28. The third-order valence-corrected chi connectivity index (χ3v) is 3.90. The molecule has 0 saturated carbocycles. The molecule has 0 aliphatic carbocycles. The molecule has 3 aromatic rings. The van der Waals surface area contributed by atoms with E-state index in [0.717, 1.165) is 0 Å². The van der Waals surface area contributed by atoms with Crippen molar-refractivity contribution < 1.29 is 9.18 Å². The Bertz CT molecular complexity index is 903. The van der Waals surface area contributed by atoms with E-state index in [1.54, 1.807) is 30.3 Å². The minimum Gasteiger partial charge on any atom is -0.349 e. The van der Waals surface area contributed by atoms with Gasteiger partial charge in [-0.05, 0) is 56.3 Å². The summed E-state index contributed by atoms with van der Waals surface area (Å²) in [4.78, 5) is 12.6. The van der Waals surface area contributed by atoms with Crippen LogP contribution in [0.5, 0.6) is 0 Å². The first-order chi connectivity index (χ1) is 12.0. The second-order valence-electron chi connectivity index (χ2n) is 5.91. The van der Waals surface area contributed by atoms with Crippen molar-refractivity contribution in [2.24, 2.45) is 0 Å². The Hall–Kier alpha value is -2.66. The van der Waals surface area contributed by atoms with Crippen molar-refractivity contribution in [1.29, 1.82) is 0 Å². The van der Waals surface area contributed by atoms with Crippen LogP contribution < -0.4 is 5.32 Å². The third kappa shape index (κ3) is 3.72. The first kappa shape index (κ1) is 17.2. The Labute approximate surface area is 150 Å². The zero-order chi connectivity index (χ0) is 18.0. The van der Waals surface area contributed by atoms with Crippen LogP contribution in [0.25, 0.3) is 16.9 Å². The highest BCUT2D eigenvalue weighted by molar-refractivity contribution is 6.32. The summed E-state index contributed by atoms with van der Waals surface area (Å²) < 4.78 is 14.7. The molecule has 0 aliphatic heterocycles. The van der Waals surface area contributed by atoms with E-state index in [1.807, 2.05) is 26.0 Å². The van der Waals surface area contributed by atoms with Gasteiger partial charge >= 0.3 is 0 Å². The number of carbonyl (C=O) groups is 1. The minimum atomic E-state index is -0.327. The predicted octanol–water partition coefficient (Wildman–Crippen LogP) is 4.47. The van der Waals surface area contributed by atoms with Crippen LogP contribution in [0, 0.1) is 5.82 Å². The summed E-state index contributed by atoms with van der Waals surface area (Å²) in [5.41, 5.74) is 2.24. The van der Waals surface area contributed by atoms with E-state index in [2.05, 4.69) is 10.4 Å². The smallest absolute Gasteiger partial charge is 0.270 e. The van der Waals surface area contributed by atoms with Crippen LogP contribution in [0.1, 0.15) is 24.3 Å². The van der Waals surface area contributed by atoms with E-state index >= 15 is 0 Å². The molecule has 2 aromatic carbocycles. The summed E-state index contributed by atoms with van der Waals surface area (Å²) in [5, 5.41) is 7.86. The highest BCUT2D eigenvalue weighted by Gasteiger charge is 2.19. The zero-order valence-electron chi connectivity index (χ0n) is 13.8. The summed E-state index contributed by atoms with van der Waals surface area (Å²) in [7, 11) is 0. The summed E-state index contributed by atoms with van der Waals surface area (Å²) in [6.45, 7) is 3.77. The molecule has 1 heterocycles. The number of benzene rings is 2. The molecule has 0 unspecified atom stereocenters. The van der Waals surface area contributed by atoms with Crippen molar-refractivity contribution in [3.63, 3.8) is 0 Å². The fourth-order valence-electron chi connectivity index (χ4n) is 2.45. The molecule has 25 heavy (non-hydrogen) atoms. The highest BCUT2D eigenvalue weighted by Crippen LogP contribution is 2.25. The van der Waals surface area contributed by atoms with Crippen molar-refractivity contribution in [2.45, 2.75) is 19.9 Å². The lowest BCUT2D eigenvalue weighted by atomic mass is 10.1. The van der Waals surface area contributed by atoms with Crippen LogP contribution in [0.2, 0.25) is 5.02 Å². The first-order valence-corrected chi connectivity index (χ1v) is 8.25. The Morgan fingerprint density at radius 1 is 1.16 bits per heavy atom. The number of para-hydroxylation sites is 1. The van der Waals surface area contributed by atoms with Gasteiger partial charge in [0.05, 0.1) is 16.4 Å². The molecule has 0 bridgehead atoms. The van der Waals surface area contributed by atoms with E-state index in [4.69, 9.17) is 11.6 Å². The van der Waals surface area contributed by atoms with Gasteiger partial charge < -0.3 is 5.32 Å². The molecule has 0 spiro atoms. The molecule has 0 fully saturated rings. The minimum absolute atomic E-state index is 0.0173. The molecule has 128 valence electrons.